The average Bonchev–Trinajstić information content (AvgIpc) is 3.09. The molecule has 1 aromatic rings. The summed E-state index contributed by atoms with van der Waals surface area (Å²) in [5.74, 6) is 0. The van der Waals surface area contributed by atoms with Gasteiger partial charge in [0, 0.05) is 12.4 Å². The molecule has 1 heterocycles. The van der Waals surface area contributed by atoms with Crippen molar-refractivity contribution in [2.45, 2.75) is 136 Å². The molecule has 0 saturated carbocycles. The molecule has 0 aliphatic carbocycles. The molecule has 0 amide bonds. The zero-order valence-electron chi connectivity index (χ0n) is 18.1. The molecular formula is C25H47N. The first-order valence-corrected chi connectivity index (χ1v) is 12.0. The zero-order chi connectivity index (χ0) is 18.7. The van der Waals surface area contributed by atoms with Gasteiger partial charge in [-0.15, -0.1) is 0 Å². The molecule has 1 nitrogen and oxygen atoms in total. The molecule has 0 saturated heterocycles. The summed E-state index contributed by atoms with van der Waals surface area (Å²) in [6.45, 7) is 4.57. The van der Waals surface area contributed by atoms with Crippen LogP contribution < -0.4 is 0 Å². The number of hydrogen-bond donors (Lipinski definition) is 1. The van der Waals surface area contributed by atoms with Gasteiger partial charge in [0.05, 0.1) is 0 Å². The van der Waals surface area contributed by atoms with Gasteiger partial charge in [-0.2, -0.15) is 0 Å². The fourth-order valence-corrected chi connectivity index (χ4v) is 4.03. The summed E-state index contributed by atoms with van der Waals surface area (Å²) < 4.78 is 0. The predicted octanol–water partition coefficient (Wildman–Crippen LogP) is 8.77. The highest BCUT2D eigenvalue weighted by Crippen LogP contribution is 2.16. The van der Waals surface area contributed by atoms with Gasteiger partial charge in [-0.1, -0.05) is 117 Å². The zero-order valence-corrected chi connectivity index (χ0v) is 18.1. The van der Waals surface area contributed by atoms with Crippen LogP contribution >= 0.6 is 0 Å². The van der Waals surface area contributed by atoms with Gasteiger partial charge in [-0.3, -0.25) is 0 Å². The normalized spacial score (nSPS) is 11.3. The Kier molecular flexibility index (Phi) is 15.9. The Morgan fingerprint density at radius 2 is 0.846 bits per heavy atom. The highest BCUT2D eigenvalue weighted by molar-refractivity contribution is 5.23. The van der Waals surface area contributed by atoms with E-state index in [0.717, 1.165) is 0 Å². The number of unbranched alkanes of at least 4 members (excludes halogenated alkanes) is 15. The standard InChI is InChI=1S/C25H47N/c1-3-5-6-7-8-9-10-11-12-13-14-15-16-17-18-19-21-25-23-26-22-24(25)20-4-2/h22-23,26H,3-21H2,1-2H3. The Hall–Kier alpha value is -0.720. The lowest BCUT2D eigenvalue weighted by Crippen LogP contribution is -1.90. The minimum atomic E-state index is 1.23. The van der Waals surface area contributed by atoms with E-state index in [0.29, 0.717) is 0 Å². The lowest BCUT2D eigenvalue weighted by atomic mass is 10.0. The van der Waals surface area contributed by atoms with E-state index in [4.69, 9.17) is 0 Å². The summed E-state index contributed by atoms with van der Waals surface area (Å²) in [6, 6.07) is 0. The van der Waals surface area contributed by atoms with Gasteiger partial charge >= 0.3 is 0 Å². The van der Waals surface area contributed by atoms with Crippen molar-refractivity contribution in [2.24, 2.45) is 0 Å². The Balaban J connectivity index is 1.78. The van der Waals surface area contributed by atoms with Crippen molar-refractivity contribution in [1.82, 2.24) is 4.98 Å². The van der Waals surface area contributed by atoms with Gasteiger partial charge in [0.25, 0.3) is 0 Å². The van der Waals surface area contributed by atoms with Crippen LogP contribution in [0.2, 0.25) is 0 Å². The highest BCUT2D eigenvalue weighted by atomic mass is 14.6. The van der Waals surface area contributed by atoms with Gasteiger partial charge in [0.2, 0.25) is 0 Å². The summed E-state index contributed by atoms with van der Waals surface area (Å²) in [5, 5.41) is 0. The maximum Gasteiger partial charge on any atom is 0.00401 e. The van der Waals surface area contributed by atoms with Crippen LogP contribution in [0.3, 0.4) is 0 Å². The first kappa shape index (κ1) is 23.3. The van der Waals surface area contributed by atoms with Crippen LogP contribution in [0.15, 0.2) is 12.4 Å². The number of aryl methyl sites for hydroxylation is 2. The smallest absolute Gasteiger partial charge is 0.00401 e. The van der Waals surface area contributed by atoms with Crippen molar-refractivity contribution < 1.29 is 0 Å². The summed E-state index contributed by atoms with van der Waals surface area (Å²) >= 11 is 0. The molecule has 152 valence electrons. The van der Waals surface area contributed by atoms with Crippen LogP contribution in [0.1, 0.15) is 134 Å². The molecule has 1 heteroatoms. The van der Waals surface area contributed by atoms with E-state index in [1.165, 1.54) is 122 Å². The fraction of sp³-hybridized carbons (Fsp3) is 0.840. The topological polar surface area (TPSA) is 15.8 Å². The molecule has 0 atom stereocenters. The van der Waals surface area contributed by atoms with Gasteiger partial charge in [-0.05, 0) is 30.4 Å². The molecular weight excluding hydrogens is 314 g/mol. The first-order chi connectivity index (χ1) is 12.9. The van der Waals surface area contributed by atoms with Crippen molar-refractivity contribution in [2.75, 3.05) is 0 Å². The predicted molar refractivity (Wildman–Crippen MR) is 118 cm³/mol. The van der Waals surface area contributed by atoms with Crippen molar-refractivity contribution in [3.05, 3.63) is 23.5 Å². The van der Waals surface area contributed by atoms with E-state index in [1.54, 1.807) is 11.1 Å². The van der Waals surface area contributed by atoms with Gasteiger partial charge < -0.3 is 4.98 Å². The second-order valence-corrected chi connectivity index (χ2v) is 8.31. The monoisotopic (exact) mass is 361 g/mol. The van der Waals surface area contributed by atoms with Crippen molar-refractivity contribution >= 4 is 0 Å². The van der Waals surface area contributed by atoms with E-state index in [2.05, 4.69) is 31.2 Å². The van der Waals surface area contributed by atoms with Crippen LogP contribution in [0.4, 0.5) is 0 Å². The van der Waals surface area contributed by atoms with Gasteiger partial charge in [-0.25, -0.2) is 0 Å². The summed E-state index contributed by atoms with van der Waals surface area (Å²) in [7, 11) is 0. The van der Waals surface area contributed by atoms with E-state index >= 15 is 0 Å². The largest absolute Gasteiger partial charge is 0.367 e. The number of aromatic amines is 1. The first-order valence-electron chi connectivity index (χ1n) is 12.0. The SMILES string of the molecule is CCCCCCCCCCCCCCCCCCc1c[nH]cc1CCC. The number of rotatable bonds is 19. The lowest BCUT2D eigenvalue weighted by molar-refractivity contribution is 0.529. The highest BCUT2D eigenvalue weighted by Gasteiger charge is 2.02. The molecule has 0 aromatic carbocycles. The maximum atomic E-state index is 3.29. The second-order valence-electron chi connectivity index (χ2n) is 8.31. The van der Waals surface area contributed by atoms with E-state index in [9.17, 15) is 0 Å². The molecule has 0 spiro atoms. The van der Waals surface area contributed by atoms with Crippen LogP contribution in [-0.4, -0.2) is 4.98 Å². The third kappa shape index (κ3) is 12.6. The minimum absolute atomic E-state index is 1.23. The van der Waals surface area contributed by atoms with Crippen LogP contribution in [0.5, 0.6) is 0 Å². The third-order valence-electron chi connectivity index (χ3n) is 5.75. The summed E-state index contributed by atoms with van der Waals surface area (Å²) in [4.78, 5) is 3.29. The van der Waals surface area contributed by atoms with Crippen LogP contribution in [0.25, 0.3) is 0 Å². The number of H-pyrrole nitrogens is 1. The number of hydrogen-bond acceptors (Lipinski definition) is 0. The molecule has 0 fully saturated rings. The third-order valence-corrected chi connectivity index (χ3v) is 5.75. The minimum Gasteiger partial charge on any atom is -0.367 e. The van der Waals surface area contributed by atoms with E-state index in [1.807, 2.05) is 0 Å². The van der Waals surface area contributed by atoms with Crippen LogP contribution in [0, 0.1) is 0 Å². The molecule has 0 bridgehead atoms. The lowest BCUT2D eigenvalue weighted by Gasteiger charge is -2.04. The van der Waals surface area contributed by atoms with Gasteiger partial charge in [0.1, 0.15) is 0 Å². The van der Waals surface area contributed by atoms with Crippen molar-refractivity contribution in [3.8, 4) is 0 Å². The summed E-state index contributed by atoms with van der Waals surface area (Å²) in [5.41, 5.74) is 3.12. The van der Waals surface area contributed by atoms with Crippen molar-refractivity contribution in [1.29, 1.82) is 0 Å². The molecule has 0 aliphatic rings. The summed E-state index contributed by atoms with van der Waals surface area (Å²) in [6.07, 6.45) is 31.4. The fourth-order valence-electron chi connectivity index (χ4n) is 4.03. The Morgan fingerprint density at radius 3 is 1.27 bits per heavy atom. The van der Waals surface area contributed by atoms with Gasteiger partial charge in [0.15, 0.2) is 0 Å². The molecule has 0 aliphatic heterocycles. The average molecular weight is 362 g/mol. The number of nitrogens with one attached hydrogen (secondary N) is 1. The molecule has 0 radical (unpaired) electrons. The van der Waals surface area contributed by atoms with E-state index < -0.39 is 0 Å². The Bertz CT molecular complexity index is 393. The van der Waals surface area contributed by atoms with E-state index in [-0.39, 0.29) is 0 Å². The quantitative estimate of drug-likeness (QED) is 0.237. The molecule has 1 N–H and O–H groups in total. The molecule has 0 unspecified atom stereocenters. The Morgan fingerprint density at radius 1 is 0.462 bits per heavy atom. The molecule has 26 heavy (non-hydrogen) atoms. The molecule has 1 aromatic heterocycles. The maximum absolute atomic E-state index is 3.29. The molecule has 1 rings (SSSR count). The second kappa shape index (κ2) is 17.7. The van der Waals surface area contributed by atoms with Crippen LogP contribution in [-0.2, 0) is 12.8 Å². The van der Waals surface area contributed by atoms with Crippen molar-refractivity contribution in [3.63, 3.8) is 0 Å². The Labute approximate surface area is 164 Å². The number of aromatic nitrogens is 1.